The lowest BCUT2D eigenvalue weighted by atomic mass is 10.1. The number of carbonyl (C=O) groups is 1. The van der Waals surface area contributed by atoms with Crippen molar-refractivity contribution < 1.29 is 9.53 Å². The van der Waals surface area contributed by atoms with Crippen LogP contribution in [-0.4, -0.2) is 34.6 Å². The summed E-state index contributed by atoms with van der Waals surface area (Å²) in [6, 6.07) is 11.4. The van der Waals surface area contributed by atoms with Crippen molar-refractivity contribution in [2.75, 3.05) is 13.1 Å². The van der Waals surface area contributed by atoms with Crippen molar-refractivity contribution in [2.45, 2.75) is 38.7 Å². The molecule has 144 valence electrons. The molecule has 1 amide bonds. The maximum atomic E-state index is 12.5. The molecule has 2 aromatic rings. The minimum atomic E-state index is -0.0651. The topological polar surface area (TPSA) is 51.5 Å². The lowest BCUT2D eigenvalue weighted by Crippen LogP contribution is -2.42. The summed E-state index contributed by atoms with van der Waals surface area (Å²) >= 11 is 3.53. The van der Waals surface area contributed by atoms with Crippen LogP contribution in [0.3, 0.4) is 0 Å². The van der Waals surface area contributed by atoms with E-state index in [9.17, 15) is 9.59 Å². The predicted molar refractivity (Wildman–Crippen MR) is 109 cm³/mol. The lowest BCUT2D eigenvalue weighted by molar-refractivity contribution is -0.132. The maximum absolute atomic E-state index is 12.5. The molecule has 0 saturated carbocycles. The number of benzene rings is 1. The summed E-state index contributed by atoms with van der Waals surface area (Å²) in [4.78, 5) is 26.3. The number of likely N-dealkylation sites (tertiary alicyclic amines) is 1. The Morgan fingerprint density at radius 3 is 2.59 bits per heavy atom. The van der Waals surface area contributed by atoms with Crippen LogP contribution >= 0.6 is 15.9 Å². The lowest BCUT2D eigenvalue weighted by Gasteiger charge is -2.32. The zero-order valence-corrected chi connectivity index (χ0v) is 17.4. The Kier molecular flexibility index (Phi) is 6.37. The first kappa shape index (κ1) is 19.7. The van der Waals surface area contributed by atoms with Crippen LogP contribution in [0.25, 0.3) is 0 Å². The van der Waals surface area contributed by atoms with E-state index < -0.39 is 0 Å². The van der Waals surface area contributed by atoms with Crippen molar-refractivity contribution in [3.05, 3.63) is 62.5 Å². The van der Waals surface area contributed by atoms with Crippen molar-refractivity contribution in [2.24, 2.45) is 7.05 Å². The van der Waals surface area contributed by atoms with Gasteiger partial charge in [0.15, 0.2) is 0 Å². The standard InChI is InChI=1S/C21H25BrN2O3/c1-15-13-18(14-21(26)23(15)2)27-17-9-11-24(12-10-17)20(25)8-7-16-5-3-4-6-19(16)22/h3-6,13-14,17H,7-12H2,1-2H3. The number of pyridine rings is 1. The van der Waals surface area contributed by atoms with Gasteiger partial charge in [0, 0.05) is 55.6 Å². The normalized spacial score (nSPS) is 15.0. The first-order chi connectivity index (χ1) is 12.9. The quantitative estimate of drug-likeness (QED) is 0.726. The zero-order chi connectivity index (χ0) is 19.4. The van der Waals surface area contributed by atoms with Crippen molar-refractivity contribution >= 4 is 21.8 Å². The third-order valence-corrected chi connectivity index (χ3v) is 5.91. The predicted octanol–water partition coefficient (Wildman–Crippen LogP) is 3.46. The molecule has 6 heteroatoms. The first-order valence-corrected chi connectivity index (χ1v) is 10.1. The molecule has 27 heavy (non-hydrogen) atoms. The van der Waals surface area contributed by atoms with E-state index in [0.717, 1.165) is 35.0 Å². The fourth-order valence-corrected chi connectivity index (χ4v) is 3.80. The summed E-state index contributed by atoms with van der Waals surface area (Å²) in [5, 5.41) is 0. The second-order valence-corrected chi connectivity index (χ2v) is 7.87. The van der Waals surface area contributed by atoms with Crippen molar-refractivity contribution in [3.63, 3.8) is 0 Å². The van der Waals surface area contributed by atoms with Gasteiger partial charge >= 0.3 is 0 Å². The van der Waals surface area contributed by atoms with E-state index in [1.165, 1.54) is 6.07 Å². The van der Waals surface area contributed by atoms with E-state index in [4.69, 9.17) is 4.74 Å². The molecule has 1 saturated heterocycles. The smallest absolute Gasteiger partial charge is 0.254 e. The van der Waals surface area contributed by atoms with Crippen LogP contribution in [0.2, 0.25) is 0 Å². The van der Waals surface area contributed by atoms with Gasteiger partial charge in [-0.05, 0) is 31.0 Å². The van der Waals surface area contributed by atoms with Crippen LogP contribution in [0.5, 0.6) is 5.75 Å². The Balaban J connectivity index is 1.49. The summed E-state index contributed by atoms with van der Waals surface area (Å²) < 4.78 is 8.63. The monoisotopic (exact) mass is 432 g/mol. The van der Waals surface area contributed by atoms with Gasteiger partial charge in [-0.2, -0.15) is 0 Å². The molecule has 3 rings (SSSR count). The average Bonchev–Trinajstić information content (AvgIpc) is 2.66. The average molecular weight is 433 g/mol. The second-order valence-electron chi connectivity index (χ2n) is 7.02. The largest absolute Gasteiger partial charge is 0.490 e. The highest BCUT2D eigenvalue weighted by Crippen LogP contribution is 2.21. The van der Waals surface area contributed by atoms with Crippen LogP contribution in [0.15, 0.2) is 45.7 Å². The minimum absolute atomic E-state index is 0.0452. The van der Waals surface area contributed by atoms with Crippen molar-refractivity contribution in [1.29, 1.82) is 0 Å². The zero-order valence-electron chi connectivity index (χ0n) is 15.8. The SMILES string of the molecule is Cc1cc(OC2CCN(C(=O)CCc3ccccc3Br)CC2)cc(=O)n1C. The number of hydrogen-bond donors (Lipinski definition) is 0. The van der Waals surface area contributed by atoms with E-state index in [2.05, 4.69) is 15.9 Å². The summed E-state index contributed by atoms with van der Waals surface area (Å²) in [5.41, 5.74) is 1.96. The van der Waals surface area contributed by atoms with Gasteiger partial charge < -0.3 is 14.2 Å². The third kappa shape index (κ3) is 5.01. The van der Waals surface area contributed by atoms with E-state index in [1.807, 2.05) is 42.2 Å². The maximum Gasteiger partial charge on any atom is 0.254 e. The molecule has 0 unspecified atom stereocenters. The molecule has 0 atom stereocenters. The number of aryl methyl sites for hydroxylation is 2. The summed E-state index contributed by atoms with van der Waals surface area (Å²) in [6.07, 6.45) is 2.87. The molecule has 0 bridgehead atoms. The van der Waals surface area contributed by atoms with Gasteiger partial charge in [-0.3, -0.25) is 9.59 Å². The Bertz CT molecular complexity index is 870. The summed E-state index contributed by atoms with van der Waals surface area (Å²) in [6.45, 7) is 3.28. The fourth-order valence-electron chi connectivity index (χ4n) is 3.32. The van der Waals surface area contributed by atoms with E-state index >= 15 is 0 Å². The Labute approximate surface area is 168 Å². The molecule has 2 heterocycles. The number of rotatable bonds is 5. The van der Waals surface area contributed by atoms with Crippen molar-refractivity contribution in [3.8, 4) is 5.75 Å². The third-order valence-electron chi connectivity index (χ3n) is 5.14. The van der Waals surface area contributed by atoms with Gasteiger partial charge in [-0.25, -0.2) is 0 Å². The number of nitrogens with zero attached hydrogens (tertiary/aromatic N) is 2. The van der Waals surface area contributed by atoms with Crippen LogP contribution < -0.4 is 10.3 Å². The molecular weight excluding hydrogens is 408 g/mol. The number of carbonyl (C=O) groups excluding carboxylic acids is 1. The van der Waals surface area contributed by atoms with E-state index in [0.29, 0.717) is 25.3 Å². The van der Waals surface area contributed by atoms with Gasteiger partial charge in [0.25, 0.3) is 5.56 Å². The fraction of sp³-hybridized carbons (Fsp3) is 0.429. The highest BCUT2D eigenvalue weighted by atomic mass is 79.9. The molecule has 0 spiro atoms. The number of piperidine rings is 1. The molecule has 1 aliphatic rings. The number of halogens is 1. The van der Waals surface area contributed by atoms with Crippen LogP contribution in [-0.2, 0) is 18.3 Å². The van der Waals surface area contributed by atoms with Gasteiger partial charge in [0.05, 0.1) is 0 Å². The summed E-state index contributed by atoms with van der Waals surface area (Å²) in [5.74, 6) is 0.808. The molecule has 1 aliphatic heterocycles. The Morgan fingerprint density at radius 2 is 1.93 bits per heavy atom. The molecule has 1 aromatic heterocycles. The van der Waals surface area contributed by atoms with Crippen LogP contribution in [0.4, 0.5) is 0 Å². The number of hydrogen-bond acceptors (Lipinski definition) is 3. The first-order valence-electron chi connectivity index (χ1n) is 9.29. The van der Waals surface area contributed by atoms with Crippen LogP contribution in [0, 0.1) is 6.92 Å². The Hall–Kier alpha value is -2.08. The molecule has 5 nitrogen and oxygen atoms in total. The molecule has 0 N–H and O–H groups in total. The number of aromatic nitrogens is 1. The Morgan fingerprint density at radius 1 is 1.22 bits per heavy atom. The van der Waals surface area contributed by atoms with Gasteiger partial charge in [0.2, 0.25) is 5.91 Å². The van der Waals surface area contributed by atoms with E-state index in [-0.39, 0.29) is 17.6 Å². The van der Waals surface area contributed by atoms with Crippen molar-refractivity contribution in [1.82, 2.24) is 9.47 Å². The highest BCUT2D eigenvalue weighted by molar-refractivity contribution is 9.10. The molecule has 0 aliphatic carbocycles. The highest BCUT2D eigenvalue weighted by Gasteiger charge is 2.24. The van der Waals surface area contributed by atoms with Crippen LogP contribution in [0.1, 0.15) is 30.5 Å². The second kappa shape index (κ2) is 8.74. The number of ether oxygens (including phenoxy) is 1. The molecule has 0 radical (unpaired) electrons. The van der Waals surface area contributed by atoms with Gasteiger partial charge in [0.1, 0.15) is 11.9 Å². The molecule has 1 fully saturated rings. The summed E-state index contributed by atoms with van der Waals surface area (Å²) in [7, 11) is 1.75. The van der Waals surface area contributed by atoms with Gasteiger partial charge in [-0.1, -0.05) is 34.1 Å². The molecule has 1 aromatic carbocycles. The molecular formula is C21H25BrN2O3. The van der Waals surface area contributed by atoms with E-state index in [1.54, 1.807) is 11.6 Å². The van der Waals surface area contributed by atoms with Gasteiger partial charge in [-0.15, -0.1) is 0 Å². The minimum Gasteiger partial charge on any atom is -0.490 e. The number of amides is 1.